The lowest BCUT2D eigenvalue weighted by Crippen LogP contribution is -2.08. The average Bonchev–Trinajstić information content (AvgIpc) is 3.29. The summed E-state index contributed by atoms with van der Waals surface area (Å²) in [6, 6.07) is 6.44. The molecular formula is C24H40ClN. The molecule has 1 aromatic heterocycles. The minimum absolute atomic E-state index is 0.859. The molecule has 0 saturated heterocycles. The second-order valence-corrected chi connectivity index (χ2v) is 7.22. The Morgan fingerprint density at radius 2 is 1.69 bits per heavy atom. The molecule has 1 heterocycles. The van der Waals surface area contributed by atoms with Crippen molar-refractivity contribution in [2.45, 2.75) is 99.5 Å². The van der Waals surface area contributed by atoms with E-state index in [4.69, 9.17) is 11.6 Å². The highest BCUT2D eigenvalue weighted by Gasteiger charge is 2.19. The average molecular weight is 378 g/mol. The first-order valence-corrected chi connectivity index (χ1v) is 11.4. The van der Waals surface area contributed by atoms with Crippen LogP contribution < -0.4 is 0 Å². The molecule has 1 aromatic carbocycles. The molecule has 0 amide bonds. The fourth-order valence-electron chi connectivity index (χ4n) is 4.23. The number of rotatable bonds is 6. The molecule has 2 aromatic rings. The van der Waals surface area contributed by atoms with Crippen molar-refractivity contribution < 1.29 is 0 Å². The quantitative estimate of drug-likeness (QED) is 0.475. The Balaban J connectivity index is 0.000000791. The second-order valence-electron chi connectivity index (χ2n) is 6.78. The minimum atomic E-state index is 0.859. The molecule has 1 fully saturated rings. The number of fused-ring (bicyclic) bond motifs is 1. The predicted molar refractivity (Wildman–Crippen MR) is 120 cm³/mol. The topological polar surface area (TPSA) is 4.93 Å². The van der Waals surface area contributed by atoms with Crippen molar-refractivity contribution in [1.82, 2.24) is 4.57 Å². The van der Waals surface area contributed by atoms with Gasteiger partial charge in [0.15, 0.2) is 0 Å². The Labute approximate surface area is 167 Å². The van der Waals surface area contributed by atoms with Crippen LogP contribution in [0.3, 0.4) is 0 Å². The van der Waals surface area contributed by atoms with Gasteiger partial charge in [-0.2, -0.15) is 0 Å². The van der Waals surface area contributed by atoms with Gasteiger partial charge in [-0.05, 0) is 48.9 Å². The van der Waals surface area contributed by atoms with Crippen LogP contribution in [0.25, 0.3) is 10.9 Å². The molecule has 1 saturated carbocycles. The number of halogens is 1. The molecule has 0 spiro atoms. The SMILES string of the molecule is CC.CC.CCCc1c(CC)c2cc(Cl)ccc2n1CCC1CCCC1. The van der Waals surface area contributed by atoms with Gasteiger partial charge in [-0.3, -0.25) is 0 Å². The van der Waals surface area contributed by atoms with Gasteiger partial charge in [-0.25, -0.2) is 0 Å². The smallest absolute Gasteiger partial charge is 0.0486 e. The number of benzene rings is 1. The Morgan fingerprint density at radius 1 is 1.04 bits per heavy atom. The molecule has 0 atom stereocenters. The van der Waals surface area contributed by atoms with Crippen LogP contribution in [0, 0.1) is 5.92 Å². The lowest BCUT2D eigenvalue weighted by Gasteiger charge is -2.14. The van der Waals surface area contributed by atoms with E-state index in [1.54, 1.807) is 5.69 Å². The molecule has 0 N–H and O–H groups in total. The molecule has 2 heteroatoms. The lowest BCUT2D eigenvalue weighted by atomic mass is 10.0. The van der Waals surface area contributed by atoms with Crippen LogP contribution in [0.5, 0.6) is 0 Å². The van der Waals surface area contributed by atoms with E-state index in [0.29, 0.717) is 0 Å². The number of hydrogen-bond acceptors (Lipinski definition) is 0. The van der Waals surface area contributed by atoms with E-state index in [0.717, 1.165) is 17.4 Å². The number of aryl methyl sites for hydroxylation is 2. The summed E-state index contributed by atoms with van der Waals surface area (Å²) >= 11 is 6.26. The van der Waals surface area contributed by atoms with E-state index in [-0.39, 0.29) is 0 Å². The molecule has 148 valence electrons. The summed E-state index contributed by atoms with van der Waals surface area (Å²) in [5.41, 5.74) is 4.47. The van der Waals surface area contributed by atoms with Gasteiger partial charge >= 0.3 is 0 Å². The highest BCUT2D eigenvalue weighted by Crippen LogP contribution is 2.33. The third-order valence-corrected chi connectivity index (χ3v) is 5.56. The summed E-state index contributed by atoms with van der Waals surface area (Å²) in [6.07, 6.45) is 10.6. The van der Waals surface area contributed by atoms with Gasteiger partial charge < -0.3 is 4.57 Å². The van der Waals surface area contributed by atoms with E-state index in [2.05, 4.69) is 30.5 Å². The van der Waals surface area contributed by atoms with Gasteiger partial charge in [0.1, 0.15) is 0 Å². The first-order chi connectivity index (χ1) is 12.7. The van der Waals surface area contributed by atoms with Crippen molar-refractivity contribution >= 4 is 22.5 Å². The molecule has 1 aliphatic rings. The van der Waals surface area contributed by atoms with E-state index < -0.39 is 0 Å². The zero-order valence-corrected chi connectivity index (χ0v) is 18.8. The molecule has 0 radical (unpaired) electrons. The molecule has 0 bridgehead atoms. The van der Waals surface area contributed by atoms with Crippen molar-refractivity contribution in [2.75, 3.05) is 0 Å². The zero-order chi connectivity index (χ0) is 19.5. The van der Waals surface area contributed by atoms with E-state index >= 15 is 0 Å². The summed E-state index contributed by atoms with van der Waals surface area (Å²) in [7, 11) is 0. The molecule has 0 unspecified atom stereocenters. The fourth-order valence-corrected chi connectivity index (χ4v) is 4.40. The Kier molecular flexibility index (Phi) is 11.0. The Hall–Kier alpha value is -0.950. The Morgan fingerprint density at radius 3 is 2.27 bits per heavy atom. The van der Waals surface area contributed by atoms with E-state index in [1.807, 2.05) is 33.8 Å². The number of nitrogens with zero attached hydrogens (tertiary/aromatic N) is 1. The lowest BCUT2D eigenvalue weighted by molar-refractivity contribution is 0.457. The Bertz CT molecular complexity index is 635. The molecular weight excluding hydrogens is 338 g/mol. The van der Waals surface area contributed by atoms with Gasteiger partial charge in [0.05, 0.1) is 0 Å². The molecule has 26 heavy (non-hydrogen) atoms. The van der Waals surface area contributed by atoms with Crippen LogP contribution in [-0.2, 0) is 19.4 Å². The number of aromatic nitrogens is 1. The second kappa shape index (κ2) is 12.4. The minimum Gasteiger partial charge on any atom is -0.344 e. The third kappa shape index (κ3) is 5.52. The van der Waals surface area contributed by atoms with Crippen LogP contribution in [0.15, 0.2) is 18.2 Å². The predicted octanol–water partition coefficient (Wildman–Crippen LogP) is 8.44. The summed E-state index contributed by atoms with van der Waals surface area (Å²) in [5, 5.41) is 2.24. The summed E-state index contributed by atoms with van der Waals surface area (Å²) < 4.78 is 2.60. The first-order valence-electron chi connectivity index (χ1n) is 11.0. The van der Waals surface area contributed by atoms with Crippen molar-refractivity contribution in [3.05, 3.63) is 34.5 Å². The molecule has 0 aliphatic heterocycles. The summed E-state index contributed by atoms with van der Waals surface area (Å²) in [6.45, 7) is 13.7. The molecule has 1 aliphatic carbocycles. The van der Waals surface area contributed by atoms with Crippen LogP contribution in [0.1, 0.15) is 91.3 Å². The normalized spacial score (nSPS) is 14.0. The van der Waals surface area contributed by atoms with Gasteiger partial charge in [-0.1, -0.05) is 85.2 Å². The van der Waals surface area contributed by atoms with Gasteiger partial charge in [-0.15, -0.1) is 0 Å². The fraction of sp³-hybridized carbons (Fsp3) is 0.667. The van der Waals surface area contributed by atoms with Crippen molar-refractivity contribution in [2.24, 2.45) is 5.92 Å². The highest BCUT2D eigenvalue weighted by molar-refractivity contribution is 6.31. The van der Waals surface area contributed by atoms with Gasteiger partial charge in [0, 0.05) is 28.2 Å². The van der Waals surface area contributed by atoms with Crippen molar-refractivity contribution in [3.8, 4) is 0 Å². The van der Waals surface area contributed by atoms with Crippen LogP contribution in [0.4, 0.5) is 0 Å². The maximum absolute atomic E-state index is 6.26. The third-order valence-electron chi connectivity index (χ3n) is 5.32. The van der Waals surface area contributed by atoms with E-state index in [1.165, 1.54) is 68.0 Å². The van der Waals surface area contributed by atoms with Crippen LogP contribution in [-0.4, -0.2) is 4.57 Å². The van der Waals surface area contributed by atoms with Crippen LogP contribution >= 0.6 is 11.6 Å². The highest BCUT2D eigenvalue weighted by atomic mass is 35.5. The largest absolute Gasteiger partial charge is 0.344 e. The van der Waals surface area contributed by atoms with Crippen molar-refractivity contribution in [1.29, 1.82) is 0 Å². The zero-order valence-electron chi connectivity index (χ0n) is 18.0. The van der Waals surface area contributed by atoms with Gasteiger partial charge in [0.25, 0.3) is 0 Å². The maximum atomic E-state index is 6.26. The number of hydrogen-bond donors (Lipinski definition) is 0. The van der Waals surface area contributed by atoms with Gasteiger partial charge in [0.2, 0.25) is 0 Å². The summed E-state index contributed by atoms with van der Waals surface area (Å²) in [4.78, 5) is 0. The maximum Gasteiger partial charge on any atom is 0.0486 e. The standard InChI is InChI=1S/C20H28ClN.2C2H6/c1-3-7-19-17(4-2)18-14-16(21)10-11-20(18)22(19)13-12-15-8-5-6-9-15;2*1-2/h10-11,14-15H,3-9,12-13H2,1-2H3;2*1-2H3. The van der Waals surface area contributed by atoms with E-state index in [9.17, 15) is 0 Å². The molecule has 3 rings (SSSR count). The summed E-state index contributed by atoms with van der Waals surface area (Å²) in [5.74, 6) is 0.948. The van der Waals surface area contributed by atoms with Crippen molar-refractivity contribution in [3.63, 3.8) is 0 Å². The monoisotopic (exact) mass is 377 g/mol. The first kappa shape index (κ1) is 23.1. The van der Waals surface area contributed by atoms with Crippen LogP contribution in [0.2, 0.25) is 5.02 Å². The molecule has 1 nitrogen and oxygen atoms in total.